The summed E-state index contributed by atoms with van der Waals surface area (Å²) >= 11 is 0. The maximum Gasteiger partial charge on any atom is 0.319 e. The maximum atomic E-state index is 13.0. The summed E-state index contributed by atoms with van der Waals surface area (Å²) < 4.78 is 13.0. The fourth-order valence-corrected chi connectivity index (χ4v) is 3.09. The average Bonchev–Trinajstić information content (AvgIpc) is 3.17. The Hall–Kier alpha value is -4.20. The van der Waals surface area contributed by atoms with Gasteiger partial charge in [-0.3, -0.25) is 9.89 Å². The normalized spacial score (nSPS) is 10.7. The monoisotopic (exact) mass is 403 g/mol. The van der Waals surface area contributed by atoms with E-state index in [9.17, 15) is 14.0 Å². The van der Waals surface area contributed by atoms with Crippen LogP contribution in [0.2, 0.25) is 0 Å². The van der Waals surface area contributed by atoms with Crippen molar-refractivity contribution < 1.29 is 14.0 Å². The van der Waals surface area contributed by atoms with Crippen LogP contribution in [0.3, 0.4) is 0 Å². The van der Waals surface area contributed by atoms with Crippen LogP contribution in [0.1, 0.15) is 15.9 Å². The van der Waals surface area contributed by atoms with Gasteiger partial charge in [-0.15, -0.1) is 0 Å². The van der Waals surface area contributed by atoms with E-state index in [1.54, 1.807) is 48.5 Å². The number of aromatic nitrogens is 2. The number of hydrogen-bond donors (Lipinski definition) is 4. The molecule has 150 valence electrons. The molecular formula is C22H18FN5O2. The van der Waals surface area contributed by atoms with E-state index in [1.807, 2.05) is 6.07 Å². The lowest BCUT2D eigenvalue weighted by atomic mass is 10.0. The topological polar surface area (TPSA) is 113 Å². The molecule has 0 aliphatic rings. The Morgan fingerprint density at radius 2 is 1.83 bits per heavy atom. The Balaban J connectivity index is 1.50. The number of carbonyl (C=O) groups is 2. The number of anilines is 1. The minimum Gasteiger partial charge on any atom is -0.366 e. The number of H-pyrrole nitrogens is 1. The minimum absolute atomic E-state index is 0.270. The number of primary amides is 1. The maximum absolute atomic E-state index is 13.0. The molecule has 0 atom stereocenters. The van der Waals surface area contributed by atoms with Crippen LogP contribution in [0.4, 0.5) is 14.9 Å². The van der Waals surface area contributed by atoms with E-state index in [-0.39, 0.29) is 18.4 Å². The number of halogens is 1. The smallest absolute Gasteiger partial charge is 0.319 e. The zero-order valence-corrected chi connectivity index (χ0v) is 15.8. The van der Waals surface area contributed by atoms with Gasteiger partial charge in [0.25, 0.3) is 0 Å². The van der Waals surface area contributed by atoms with Crippen LogP contribution in [0.5, 0.6) is 0 Å². The molecule has 8 heteroatoms. The van der Waals surface area contributed by atoms with Crippen molar-refractivity contribution >= 4 is 28.5 Å². The van der Waals surface area contributed by atoms with E-state index in [0.29, 0.717) is 16.9 Å². The fraction of sp³-hybridized carbons (Fsp3) is 0.0455. The van der Waals surface area contributed by atoms with Gasteiger partial charge in [0.1, 0.15) is 5.82 Å². The Morgan fingerprint density at radius 1 is 1.03 bits per heavy atom. The van der Waals surface area contributed by atoms with Gasteiger partial charge in [0.05, 0.1) is 11.2 Å². The quantitative estimate of drug-likeness (QED) is 0.407. The van der Waals surface area contributed by atoms with Gasteiger partial charge < -0.3 is 16.4 Å². The highest BCUT2D eigenvalue weighted by molar-refractivity contribution is 6.01. The van der Waals surface area contributed by atoms with Crippen molar-refractivity contribution in [1.29, 1.82) is 0 Å². The van der Waals surface area contributed by atoms with Gasteiger partial charge in [0.2, 0.25) is 5.91 Å². The molecule has 7 nitrogen and oxygen atoms in total. The number of hydrogen-bond acceptors (Lipinski definition) is 3. The van der Waals surface area contributed by atoms with Gasteiger partial charge >= 0.3 is 6.03 Å². The molecule has 3 amide bonds. The van der Waals surface area contributed by atoms with Crippen LogP contribution >= 0.6 is 0 Å². The van der Waals surface area contributed by atoms with E-state index < -0.39 is 5.91 Å². The highest BCUT2D eigenvalue weighted by atomic mass is 19.1. The van der Waals surface area contributed by atoms with Gasteiger partial charge in [-0.1, -0.05) is 24.3 Å². The van der Waals surface area contributed by atoms with Crippen LogP contribution in [0.15, 0.2) is 66.7 Å². The molecule has 0 bridgehead atoms. The molecule has 3 aromatic carbocycles. The van der Waals surface area contributed by atoms with E-state index in [1.165, 1.54) is 12.1 Å². The predicted molar refractivity (Wildman–Crippen MR) is 112 cm³/mol. The molecule has 1 heterocycles. The number of fused-ring (bicyclic) bond motifs is 1. The Kier molecular flexibility index (Phi) is 5.13. The van der Waals surface area contributed by atoms with Gasteiger partial charge in [-0.2, -0.15) is 5.10 Å². The van der Waals surface area contributed by atoms with Gasteiger partial charge in [-0.25, -0.2) is 9.18 Å². The predicted octanol–water partition coefficient (Wildman–Crippen LogP) is 3.79. The molecule has 0 aliphatic heterocycles. The third-order valence-electron chi connectivity index (χ3n) is 4.61. The number of aromatic amines is 1. The Bertz CT molecular complexity index is 1230. The lowest BCUT2D eigenvalue weighted by Crippen LogP contribution is -2.28. The van der Waals surface area contributed by atoms with Crippen molar-refractivity contribution in [3.63, 3.8) is 0 Å². The average molecular weight is 403 g/mol. The van der Waals surface area contributed by atoms with Gasteiger partial charge in [0.15, 0.2) is 0 Å². The van der Waals surface area contributed by atoms with Crippen molar-refractivity contribution in [2.24, 2.45) is 5.73 Å². The first-order valence-corrected chi connectivity index (χ1v) is 9.17. The highest BCUT2D eigenvalue weighted by Gasteiger charge is 2.12. The molecule has 0 unspecified atom stereocenters. The summed E-state index contributed by atoms with van der Waals surface area (Å²) in [6.07, 6.45) is 0. The van der Waals surface area contributed by atoms with Crippen LogP contribution in [0, 0.1) is 5.82 Å². The molecule has 0 radical (unpaired) electrons. The van der Waals surface area contributed by atoms with E-state index >= 15 is 0 Å². The standard InChI is InChI=1S/C22H18FN5O2/c23-16-7-4-13(5-8-16)12-25-22(30)26-17-3-1-2-14(10-17)20-18-11-15(21(24)29)6-9-19(18)27-28-20/h1-11H,12H2,(H2,24,29)(H,27,28)(H2,25,26,30). The van der Waals surface area contributed by atoms with E-state index in [4.69, 9.17) is 5.73 Å². The second-order valence-corrected chi connectivity index (χ2v) is 6.71. The number of carbonyl (C=O) groups excluding carboxylic acids is 2. The third-order valence-corrected chi connectivity index (χ3v) is 4.61. The zero-order chi connectivity index (χ0) is 21.1. The molecule has 0 aliphatic carbocycles. The summed E-state index contributed by atoms with van der Waals surface area (Å²) in [5, 5.41) is 13.5. The zero-order valence-electron chi connectivity index (χ0n) is 15.8. The third kappa shape index (κ3) is 4.12. The van der Waals surface area contributed by atoms with Crippen molar-refractivity contribution in [1.82, 2.24) is 15.5 Å². The second kappa shape index (κ2) is 8.04. The largest absolute Gasteiger partial charge is 0.366 e. The molecular weight excluding hydrogens is 385 g/mol. The van der Waals surface area contributed by atoms with Crippen LogP contribution in [-0.2, 0) is 6.54 Å². The molecule has 0 fully saturated rings. The molecule has 0 spiro atoms. The van der Waals surface area contributed by atoms with Crippen molar-refractivity contribution in [3.05, 3.63) is 83.7 Å². The molecule has 5 N–H and O–H groups in total. The first-order chi connectivity index (χ1) is 14.5. The van der Waals surface area contributed by atoms with Crippen molar-refractivity contribution in [2.45, 2.75) is 6.54 Å². The van der Waals surface area contributed by atoms with Crippen LogP contribution < -0.4 is 16.4 Å². The molecule has 0 saturated carbocycles. The number of benzene rings is 3. The lowest BCUT2D eigenvalue weighted by molar-refractivity contribution is 0.100. The summed E-state index contributed by atoms with van der Waals surface area (Å²) in [4.78, 5) is 23.7. The summed E-state index contributed by atoms with van der Waals surface area (Å²) in [7, 11) is 0. The number of rotatable bonds is 5. The summed E-state index contributed by atoms with van der Waals surface area (Å²) in [5.41, 5.74) is 9.30. The summed E-state index contributed by atoms with van der Waals surface area (Å²) in [5.74, 6) is -0.842. The first kappa shape index (κ1) is 19.1. The van der Waals surface area contributed by atoms with Crippen LogP contribution in [-0.4, -0.2) is 22.1 Å². The lowest BCUT2D eigenvalue weighted by Gasteiger charge is -2.09. The number of nitrogens with two attached hydrogens (primary N) is 1. The van der Waals surface area contributed by atoms with Gasteiger partial charge in [0, 0.05) is 28.7 Å². The Morgan fingerprint density at radius 3 is 2.60 bits per heavy atom. The van der Waals surface area contributed by atoms with E-state index in [0.717, 1.165) is 22.0 Å². The minimum atomic E-state index is -0.516. The fourth-order valence-electron chi connectivity index (χ4n) is 3.09. The summed E-state index contributed by atoms with van der Waals surface area (Å²) in [6, 6.07) is 17.8. The SMILES string of the molecule is NC(=O)c1ccc2[nH]nc(-c3cccc(NC(=O)NCc4ccc(F)cc4)c3)c2c1. The molecule has 0 saturated heterocycles. The number of amides is 3. The van der Waals surface area contributed by atoms with Gasteiger partial charge in [-0.05, 0) is 48.0 Å². The number of nitrogens with one attached hydrogen (secondary N) is 3. The molecule has 30 heavy (non-hydrogen) atoms. The first-order valence-electron chi connectivity index (χ1n) is 9.17. The van der Waals surface area contributed by atoms with Crippen LogP contribution in [0.25, 0.3) is 22.2 Å². The number of nitrogens with zero attached hydrogens (tertiary/aromatic N) is 1. The Labute approximate surface area is 171 Å². The molecule has 4 rings (SSSR count). The second-order valence-electron chi connectivity index (χ2n) is 6.71. The van der Waals surface area contributed by atoms with Crippen molar-refractivity contribution in [3.8, 4) is 11.3 Å². The highest BCUT2D eigenvalue weighted by Crippen LogP contribution is 2.28. The van der Waals surface area contributed by atoms with Crippen molar-refractivity contribution in [2.75, 3.05) is 5.32 Å². The summed E-state index contributed by atoms with van der Waals surface area (Å²) in [6.45, 7) is 0.270. The molecule has 4 aromatic rings. The van der Waals surface area contributed by atoms with E-state index in [2.05, 4.69) is 20.8 Å². The molecule has 1 aromatic heterocycles. The number of urea groups is 1.